The molecule has 2 heterocycles. The second kappa shape index (κ2) is 5.42. The number of nitrogen functional groups attached to an aromatic ring is 1. The lowest BCUT2D eigenvalue weighted by Crippen LogP contribution is -2.37. The second-order valence-electron chi connectivity index (χ2n) is 4.73. The molecule has 1 aromatic heterocycles. The van der Waals surface area contributed by atoms with Crippen molar-refractivity contribution in [2.45, 2.75) is 12.6 Å². The Kier molecular flexibility index (Phi) is 3.48. The molecular formula is C14H17N3O2. The summed E-state index contributed by atoms with van der Waals surface area (Å²) in [6.45, 7) is 3.33. The normalized spacial score (nSPS) is 20.5. The van der Waals surface area contributed by atoms with Crippen LogP contribution in [0.5, 0.6) is 0 Å². The quantitative estimate of drug-likeness (QED) is 0.911. The van der Waals surface area contributed by atoms with Gasteiger partial charge in [0.15, 0.2) is 11.6 Å². The minimum absolute atomic E-state index is 0.0812. The number of anilines is 1. The van der Waals surface area contributed by atoms with Crippen LogP contribution >= 0.6 is 0 Å². The van der Waals surface area contributed by atoms with Crippen molar-refractivity contribution in [1.29, 1.82) is 0 Å². The van der Waals surface area contributed by atoms with Gasteiger partial charge in [0.05, 0.1) is 6.61 Å². The number of morpholine rings is 1. The molecule has 0 radical (unpaired) electrons. The molecule has 0 spiro atoms. The number of rotatable bonds is 3. The topological polar surface area (TPSA) is 64.5 Å². The standard InChI is InChI=1S/C14H17N3O2/c15-14-8-12(19-16-14)13-10-17(6-7-18-13)9-11-4-2-1-3-5-11/h1-5,8,13H,6-7,9-10H2,(H2,15,16). The van der Waals surface area contributed by atoms with Gasteiger partial charge in [0.2, 0.25) is 0 Å². The first-order chi connectivity index (χ1) is 9.31. The van der Waals surface area contributed by atoms with Gasteiger partial charge in [-0.1, -0.05) is 35.5 Å². The van der Waals surface area contributed by atoms with Crippen LogP contribution in [0.4, 0.5) is 5.82 Å². The van der Waals surface area contributed by atoms with E-state index in [0.717, 1.165) is 19.6 Å². The number of nitrogens with zero attached hydrogens (tertiary/aromatic N) is 2. The molecule has 100 valence electrons. The van der Waals surface area contributed by atoms with E-state index in [1.807, 2.05) is 6.07 Å². The number of aromatic nitrogens is 1. The van der Waals surface area contributed by atoms with Gasteiger partial charge in [-0.2, -0.15) is 0 Å². The summed E-state index contributed by atoms with van der Waals surface area (Å²) in [4.78, 5) is 2.35. The SMILES string of the molecule is Nc1cc(C2CN(Cc3ccccc3)CCO2)on1. The Bertz CT molecular complexity index is 526. The van der Waals surface area contributed by atoms with Gasteiger partial charge in [-0.15, -0.1) is 0 Å². The molecule has 1 atom stereocenters. The molecule has 1 aliphatic heterocycles. The molecule has 1 saturated heterocycles. The third-order valence-electron chi connectivity index (χ3n) is 3.26. The van der Waals surface area contributed by atoms with Gasteiger partial charge in [-0.25, -0.2) is 0 Å². The summed E-state index contributed by atoms with van der Waals surface area (Å²) in [5, 5.41) is 3.71. The molecule has 3 rings (SSSR count). The van der Waals surface area contributed by atoms with Crippen LogP contribution in [-0.2, 0) is 11.3 Å². The van der Waals surface area contributed by atoms with Crippen LogP contribution in [0, 0.1) is 0 Å². The van der Waals surface area contributed by atoms with Crippen LogP contribution < -0.4 is 5.73 Å². The Hall–Kier alpha value is -1.85. The van der Waals surface area contributed by atoms with E-state index in [2.05, 4.69) is 34.3 Å². The number of benzene rings is 1. The highest BCUT2D eigenvalue weighted by atomic mass is 16.5. The fourth-order valence-electron chi connectivity index (χ4n) is 2.32. The molecule has 0 saturated carbocycles. The zero-order chi connectivity index (χ0) is 13.1. The van der Waals surface area contributed by atoms with E-state index in [1.165, 1.54) is 5.56 Å². The number of ether oxygens (including phenoxy) is 1. The van der Waals surface area contributed by atoms with Gasteiger partial charge in [-0.3, -0.25) is 4.90 Å². The third kappa shape index (κ3) is 2.94. The van der Waals surface area contributed by atoms with Crippen molar-refractivity contribution < 1.29 is 9.26 Å². The number of nitrogens with two attached hydrogens (primary N) is 1. The molecule has 2 aromatic rings. The Morgan fingerprint density at radius 1 is 1.32 bits per heavy atom. The van der Waals surface area contributed by atoms with Gasteiger partial charge < -0.3 is 15.0 Å². The van der Waals surface area contributed by atoms with E-state index in [0.29, 0.717) is 18.2 Å². The van der Waals surface area contributed by atoms with Crippen molar-refractivity contribution in [3.63, 3.8) is 0 Å². The van der Waals surface area contributed by atoms with Gasteiger partial charge in [0.25, 0.3) is 0 Å². The Morgan fingerprint density at radius 3 is 2.89 bits per heavy atom. The Morgan fingerprint density at radius 2 is 2.16 bits per heavy atom. The monoisotopic (exact) mass is 259 g/mol. The molecule has 0 amide bonds. The molecule has 0 aliphatic carbocycles. The minimum atomic E-state index is -0.0812. The van der Waals surface area contributed by atoms with Crippen molar-refractivity contribution >= 4 is 5.82 Å². The van der Waals surface area contributed by atoms with Crippen molar-refractivity contribution in [2.24, 2.45) is 0 Å². The lowest BCUT2D eigenvalue weighted by molar-refractivity contribution is -0.0449. The molecule has 0 bridgehead atoms. The predicted molar refractivity (Wildman–Crippen MR) is 71.3 cm³/mol. The van der Waals surface area contributed by atoms with Crippen LogP contribution in [0.1, 0.15) is 17.4 Å². The number of hydrogen-bond acceptors (Lipinski definition) is 5. The van der Waals surface area contributed by atoms with Crippen LogP contribution in [0.3, 0.4) is 0 Å². The second-order valence-corrected chi connectivity index (χ2v) is 4.73. The highest BCUT2D eigenvalue weighted by Crippen LogP contribution is 2.24. The van der Waals surface area contributed by atoms with Crippen LogP contribution in [-0.4, -0.2) is 29.8 Å². The molecule has 5 heteroatoms. The molecule has 19 heavy (non-hydrogen) atoms. The van der Waals surface area contributed by atoms with E-state index in [4.69, 9.17) is 15.0 Å². The molecule has 5 nitrogen and oxygen atoms in total. The highest BCUT2D eigenvalue weighted by Gasteiger charge is 2.25. The lowest BCUT2D eigenvalue weighted by atomic mass is 10.1. The van der Waals surface area contributed by atoms with E-state index in [1.54, 1.807) is 6.07 Å². The Labute approximate surface area is 111 Å². The maximum atomic E-state index is 5.71. The summed E-state index contributed by atoms with van der Waals surface area (Å²) in [6, 6.07) is 12.2. The Balaban J connectivity index is 1.65. The predicted octanol–water partition coefficient (Wildman–Crippen LogP) is 1.83. The molecule has 2 N–H and O–H groups in total. The zero-order valence-electron chi connectivity index (χ0n) is 10.7. The molecule has 1 aliphatic rings. The van der Waals surface area contributed by atoms with Crippen LogP contribution in [0.2, 0.25) is 0 Å². The molecule has 1 unspecified atom stereocenters. The van der Waals surface area contributed by atoms with Crippen molar-refractivity contribution in [2.75, 3.05) is 25.4 Å². The molecule has 1 aromatic carbocycles. The van der Waals surface area contributed by atoms with Gasteiger partial charge in [0.1, 0.15) is 6.10 Å². The van der Waals surface area contributed by atoms with E-state index in [-0.39, 0.29) is 6.10 Å². The highest BCUT2D eigenvalue weighted by molar-refractivity contribution is 5.27. The molecule has 1 fully saturated rings. The van der Waals surface area contributed by atoms with Crippen LogP contribution in [0.25, 0.3) is 0 Å². The van der Waals surface area contributed by atoms with Crippen LogP contribution in [0.15, 0.2) is 40.9 Å². The van der Waals surface area contributed by atoms with E-state index >= 15 is 0 Å². The largest absolute Gasteiger partial charge is 0.381 e. The maximum Gasteiger partial charge on any atom is 0.168 e. The molecular weight excluding hydrogens is 242 g/mol. The fraction of sp³-hybridized carbons (Fsp3) is 0.357. The van der Waals surface area contributed by atoms with Crippen molar-refractivity contribution in [3.8, 4) is 0 Å². The third-order valence-corrected chi connectivity index (χ3v) is 3.26. The summed E-state index contributed by atoms with van der Waals surface area (Å²) in [5.74, 6) is 1.11. The first kappa shape index (κ1) is 12.2. The smallest absolute Gasteiger partial charge is 0.168 e. The summed E-state index contributed by atoms with van der Waals surface area (Å²) in [6.07, 6.45) is -0.0812. The maximum absolute atomic E-state index is 5.71. The average molecular weight is 259 g/mol. The first-order valence-corrected chi connectivity index (χ1v) is 6.41. The van der Waals surface area contributed by atoms with Gasteiger partial charge >= 0.3 is 0 Å². The van der Waals surface area contributed by atoms with Crippen molar-refractivity contribution in [3.05, 3.63) is 47.7 Å². The lowest BCUT2D eigenvalue weighted by Gasteiger charge is -2.31. The summed E-state index contributed by atoms with van der Waals surface area (Å²) < 4.78 is 10.9. The minimum Gasteiger partial charge on any atom is -0.381 e. The number of hydrogen-bond donors (Lipinski definition) is 1. The van der Waals surface area contributed by atoms with Crippen molar-refractivity contribution in [1.82, 2.24) is 10.1 Å². The summed E-state index contributed by atoms with van der Waals surface area (Å²) in [7, 11) is 0. The van der Waals surface area contributed by atoms with E-state index < -0.39 is 0 Å². The zero-order valence-corrected chi connectivity index (χ0v) is 10.7. The first-order valence-electron chi connectivity index (χ1n) is 6.41. The summed E-state index contributed by atoms with van der Waals surface area (Å²) in [5.41, 5.74) is 6.88. The van der Waals surface area contributed by atoms with Gasteiger partial charge in [-0.05, 0) is 5.56 Å². The fourth-order valence-corrected chi connectivity index (χ4v) is 2.32. The van der Waals surface area contributed by atoms with Gasteiger partial charge in [0, 0.05) is 25.7 Å². The van der Waals surface area contributed by atoms with E-state index in [9.17, 15) is 0 Å². The average Bonchev–Trinajstić information content (AvgIpc) is 2.87. The summed E-state index contributed by atoms with van der Waals surface area (Å²) >= 11 is 0.